The number of aromatic nitrogens is 1. The van der Waals surface area contributed by atoms with E-state index in [1.807, 2.05) is 17.0 Å². The molecule has 3 rings (SSSR count). The van der Waals surface area contributed by atoms with Crippen LogP contribution >= 0.6 is 0 Å². The molecule has 0 bridgehead atoms. The zero-order valence-corrected chi connectivity index (χ0v) is 12.7. The van der Waals surface area contributed by atoms with Gasteiger partial charge < -0.3 is 9.84 Å². The molecule has 4 nitrogen and oxygen atoms in total. The second-order valence-corrected chi connectivity index (χ2v) is 5.67. The maximum atomic E-state index is 14.1. The van der Waals surface area contributed by atoms with Crippen LogP contribution in [0, 0.1) is 11.6 Å². The first-order valence-corrected chi connectivity index (χ1v) is 7.44. The molecule has 1 aromatic carbocycles. The molecule has 1 aromatic heterocycles. The molecule has 2 aromatic rings. The van der Waals surface area contributed by atoms with Crippen molar-refractivity contribution >= 4 is 0 Å². The number of nitrogens with zero attached hydrogens (tertiary/aromatic N) is 2. The van der Waals surface area contributed by atoms with Crippen molar-refractivity contribution in [2.75, 3.05) is 13.7 Å². The van der Waals surface area contributed by atoms with Crippen molar-refractivity contribution in [3.63, 3.8) is 0 Å². The van der Waals surface area contributed by atoms with Gasteiger partial charge in [0.05, 0.1) is 18.9 Å². The number of methoxy groups -OCH3 is 1. The molecule has 0 radical (unpaired) electrons. The maximum Gasteiger partial charge on any atom is 0.213 e. The van der Waals surface area contributed by atoms with E-state index in [0.717, 1.165) is 17.8 Å². The van der Waals surface area contributed by atoms with Gasteiger partial charge in [-0.05, 0) is 30.7 Å². The third kappa shape index (κ3) is 3.48. The molecular weight excluding hydrogens is 302 g/mol. The Labute approximate surface area is 133 Å². The normalized spacial score (nSPS) is 21.6. The molecule has 122 valence electrons. The molecular formula is C17H18F2N2O2. The summed E-state index contributed by atoms with van der Waals surface area (Å²) in [5.41, 5.74) is 1.02. The highest BCUT2D eigenvalue weighted by Gasteiger charge is 2.34. The van der Waals surface area contributed by atoms with E-state index in [0.29, 0.717) is 25.4 Å². The van der Waals surface area contributed by atoms with Crippen molar-refractivity contribution in [1.29, 1.82) is 0 Å². The summed E-state index contributed by atoms with van der Waals surface area (Å²) < 4.78 is 32.6. The van der Waals surface area contributed by atoms with E-state index in [-0.39, 0.29) is 11.6 Å². The summed E-state index contributed by atoms with van der Waals surface area (Å²) in [4.78, 5) is 6.24. The first kappa shape index (κ1) is 15.8. The Morgan fingerprint density at radius 2 is 2.13 bits per heavy atom. The highest BCUT2D eigenvalue weighted by atomic mass is 19.1. The number of aliphatic hydroxyl groups excluding tert-OH is 1. The van der Waals surface area contributed by atoms with Gasteiger partial charge in [0.1, 0.15) is 11.6 Å². The predicted molar refractivity (Wildman–Crippen MR) is 80.9 cm³/mol. The minimum atomic E-state index is -0.576. The lowest BCUT2D eigenvalue weighted by molar-refractivity contribution is 0.171. The van der Waals surface area contributed by atoms with Crippen LogP contribution in [0.25, 0.3) is 0 Å². The van der Waals surface area contributed by atoms with Crippen LogP contribution in [0.1, 0.15) is 23.7 Å². The smallest absolute Gasteiger partial charge is 0.213 e. The highest BCUT2D eigenvalue weighted by Crippen LogP contribution is 2.35. The largest absolute Gasteiger partial charge is 0.481 e. The molecule has 0 unspecified atom stereocenters. The Morgan fingerprint density at radius 1 is 1.30 bits per heavy atom. The molecule has 23 heavy (non-hydrogen) atoms. The van der Waals surface area contributed by atoms with Crippen LogP contribution < -0.4 is 4.74 Å². The number of ether oxygens (including phenoxy) is 1. The van der Waals surface area contributed by atoms with Crippen LogP contribution in [0.3, 0.4) is 0 Å². The van der Waals surface area contributed by atoms with Crippen molar-refractivity contribution < 1.29 is 18.6 Å². The number of aliphatic hydroxyl groups is 1. The predicted octanol–water partition coefficient (Wildman–Crippen LogP) is 2.68. The first-order valence-electron chi connectivity index (χ1n) is 7.44. The molecule has 1 N–H and O–H groups in total. The summed E-state index contributed by atoms with van der Waals surface area (Å²) in [5.74, 6) is -0.452. The Morgan fingerprint density at radius 3 is 2.91 bits per heavy atom. The zero-order valence-electron chi connectivity index (χ0n) is 12.7. The summed E-state index contributed by atoms with van der Waals surface area (Å²) in [6.07, 6.45) is -0.210. The average molecular weight is 320 g/mol. The van der Waals surface area contributed by atoms with Gasteiger partial charge in [-0.1, -0.05) is 6.07 Å². The monoisotopic (exact) mass is 320 g/mol. The minimum Gasteiger partial charge on any atom is -0.481 e. The summed E-state index contributed by atoms with van der Waals surface area (Å²) in [6, 6.07) is 8.44. The van der Waals surface area contributed by atoms with Gasteiger partial charge >= 0.3 is 0 Å². The molecule has 1 fully saturated rings. The molecule has 1 saturated heterocycles. The van der Waals surface area contributed by atoms with Gasteiger partial charge in [-0.25, -0.2) is 13.8 Å². The molecule has 2 heterocycles. The van der Waals surface area contributed by atoms with Crippen LogP contribution in [-0.2, 0) is 6.54 Å². The summed E-state index contributed by atoms with van der Waals surface area (Å²) in [7, 11) is 1.54. The fraction of sp³-hybridized carbons (Fsp3) is 0.353. The summed E-state index contributed by atoms with van der Waals surface area (Å²) >= 11 is 0. The number of likely N-dealkylation sites (tertiary alicyclic amines) is 1. The lowest BCUT2D eigenvalue weighted by atomic mass is 10.0. The van der Waals surface area contributed by atoms with E-state index in [1.54, 1.807) is 6.07 Å². The zero-order chi connectivity index (χ0) is 16.4. The maximum absolute atomic E-state index is 14.1. The summed E-state index contributed by atoms with van der Waals surface area (Å²) in [5, 5.41) is 9.97. The van der Waals surface area contributed by atoms with E-state index < -0.39 is 17.7 Å². The van der Waals surface area contributed by atoms with E-state index in [4.69, 9.17) is 4.74 Å². The van der Waals surface area contributed by atoms with Gasteiger partial charge in [0, 0.05) is 30.8 Å². The van der Waals surface area contributed by atoms with Gasteiger partial charge in [0.15, 0.2) is 0 Å². The van der Waals surface area contributed by atoms with Crippen LogP contribution in [0.4, 0.5) is 8.78 Å². The van der Waals surface area contributed by atoms with Gasteiger partial charge in [0.25, 0.3) is 0 Å². The number of β-amino-alcohol motifs (C(OH)–C–C–N with tert-alkyl or cyclic N) is 1. The van der Waals surface area contributed by atoms with Crippen LogP contribution in [-0.4, -0.2) is 34.7 Å². The standard InChI is InChI=1S/C17H18F2N2O2/c1-23-17-4-2-3-12(20-17)9-21-10-13(22)8-16(21)14-7-11(18)5-6-15(14)19/h2-7,13,16,22H,8-10H2,1H3/t13-,16+/m1/s1. The second-order valence-electron chi connectivity index (χ2n) is 5.67. The molecule has 2 atom stereocenters. The van der Waals surface area contributed by atoms with Crippen LogP contribution in [0.15, 0.2) is 36.4 Å². The van der Waals surface area contributed by atoms with Crippen molar-refractivity contribution in [2.45, 2.75) is 25.1 Å². The lowest BCUT2D eigenvalue weighted by Crippen LogP contribution is -2.25. The average Bonchev–Trinajstić information content (AvgIpc) is 2.90. The number of hydrogen-bond acceptors (Lipinski definition) is 4. The molecule has 0 saturated carbocycles. The highest BCUT2D eigenvalue weighted by molar-refractivity contribution is 5.24. The van der Waals surface area contributed by atoms with Gasteiger partial charge in [-0.3, -0.25) is 4.90 Å². The van der Waals surface area contributed by atoms with Crippen molar-refractivity contribution in [2.24, 2.45) is 0 Å². The van der Waals surface area contributed by atoms with Crippen molar-refractivity contribution in [1.82, 2.24) is 9.88 Å². The van der Waals surface area contributed by atoms with Crippen LogP contribution in [0.5, 0.6) is 5.88 Å². The molecule has 0 amide bonds. The number of halogens is 2. The number of rotatable bonds is 4. The SMILES string of the molecule is COc1cccc(CN2C[C@H](O)C[C@H]2c2cc(F)ccc2F)n1. The molecule has 0 aliphatic carbocycles. The topological polar surface area (TPSA) is 45.6 Å². The van der Waals surface area contributed by atoms with Gasteiger partial charge in [0.2, 0.25) is 5.88 Å². The third-order valence-corrected chi connectivity index (χ3v) is 4.05. The van der Waals surface area contributed by atoms with Crippen LogP contribution in [0.2, 0.25) is 0 Å². The van der Waals surface area contributed by atoms with E-state index >= 15 is 0 Å². The second kappa shape index (κ2) is 6.60. The van der Waals surface area contributed by atoms with E-state index in [9.17, 15) is 13.9 Å². The molecule has 1 aliphatic rings. The number of benzene rings is 1. The number of pyridine rings is 1. The van der Waals surface area contributed by atoms with E-state index in [1.165, 1.54) is 13.2 Å². The minimum absolute atomic E-state index is 0.268. The summed E-state index contributed by atoms with van der Waals surface area (Å²) in [6.45, 7) is 0.814. The molecule has 1 aliphatic heterocycles. The van der Waals surface area contributed by atoms with Gasteiger partial charge in [-0.15, -0.1) is 0 Å². The fourth-order valence-corrected chi connectivity index (χ4v) is 3.02. The lowest BCUT2D eigenvalue weighted by Gasteiger charge is -2.24. The quantitative estimate of drug-likeness (QED) is 0.941. The van der Waals surface area contributed by atoms with Gasteiger partial charge in [-0.2, -0.15) is 0 Å². The Balaban J connectivity index is 1.86. The van der Waals surface area contributed by atoms with Crippen molar-refractivity contribution in [3.05, 3.63) is 59.3 Å². The Bertz CT molecular complexity index is 696. The van der Waals surface area contributed by atoms with E-state index in [2.05, 4.69) is 4.98 Å². The first-order chi connectivity index (χ1) is 11.1. The fourth-order valence-electron chi connectivity index (χ4n) is 3.02. The molecule has 6 heteroatoms. The Kier molecular flexibility index (Phi) is 4.54. The number of hydrogen-bond donors (Lipinski definition) is 1. The third-order valence-electron chi connectivity index (χ3n) is 4.05. The molecule has 0 spiro atoms. The Hall–Kier alpha value is -2.05. The van der Waals surface area contributed by atoms with Crippen molar-refractivity contribution in [3.8, 4) is 5.88 Å².